The van der Waals surface area contributed by atoms with Gasteiger partial charge in [0.05, 0.1) is 12.9 Å². The number of rotatable bonds is 8. The quantitative estimate of drug-likeness (QED) is 0.539. The number of hydrogen-bond donors (Lipinski definition) is 4. The van der Waals surface area contributed by atoms with Crippen LogP contribution in [0.4, 0.5) is 16.2 Å². The van der Waals surface area contributed by atoms with Gasteiger partial charge in [-0.3, -0.25) is 4.57 Å². The second-order valence-electron chi connectivity index (χ2n) is 5.72. The first-order chi connectivity index (χ1) is 11.4. The predicted molar refractivity (Wildman–Crippen MR) is 87.1 cm³/mol. The largest absolute Gasteiger partial charge is 0.394 e. The van der Waals surface area contributed by atoms with Gasteiger partial charge in [0.1, 0.15) is 25.1 Å². The van der Waals surface area contributed by atoms with E-state index >= 15 is 0 Å². The summed E-state index contributed by atoms with van der Waals surface area (Å²) in [6.45, 7) is 2.24. The van der Waals surface area contributed by atoms with E-state index in [1.165, 1.54) is 6.33 Å². The second kappa shape index (κ2) is 7.69. The zero-order chi connectivity index (χ0) is 17.9. The molecule has 0 aliphatic heterocycles. The summed E-state index contributed by atoms with van der Waals surface area (Å²) in [6.07, 6.45) is -1.60. The lowest BCUT2D eigenvalue weighted by Gasteiger charge is -2.29. The molecule has 5 N–H and O–H groups in total. The molecule has 0 fully saturated rings. The standard InChI is InChI=1S/C14H23FN6O3/c1-7(2)13(24-9(5-22)8(23)4-15)21-6-18-10-11(17-3)19-14(16)20-12(10)21/h6-9,13,22-23H,4-5H2,1-3H3,(H3,16,17,19,20)/t8-,9+,13+/m0/s1. The Morgan fingerprint density at radius 3 is 2.67 bits per heavy atom. The van der Waals surface area contributed by atoms with Crippen LogP contribution in [0.25, 0.3) is 11.2 Å². The Morgan fingerprint density at radius 1 is 1.42 bits per heavy atom. The fraction of sp³-hybridized carbons (Fsp3) is 0.643. The van der Waals surface area contributed by atoms with E-state index in [1.807, 2.05) is 13.8 Å². The van der Waals surface area contributed by atoms with Crippen molar-refractivity contribution in [2.75, 3.05) is 31.4 Å². The van der Waals surface area contributed by atoms with E-state index in [0.717, 1.165) is 0 Å². The summed E-state index contributed by atoms with van der Waals surface area (Å²) in [6, 6.07) is 0. The summed E-state index contributed by atoms with van der Waals surface area (Å²) in [5.41, 5.74) is 6.68. The number of nitrogens with zero attached hydrogens (tertiary/aromatic N) is 4. The molecule has 0 unspecified atom stereocenters. The van der Waals surface area contributed by atoms with Crippen LogP contribution in [0.15, 0.2) is 6.33 Å². The molecule has 0 saturated heterocycles. The van der Waals surface area contributed by atoms with Crippen molar-refractivity contribution in [1.82, 2.24) is 19.5 Å². The van der Waals surface area contributed by atoms with Gasteiger partial charge in [0.2, 0.25) is 5.95 Å². The summed E-state index contributed by atoms with van der Waals surface area (Å²) in [7, 11) is 1.69. The number of hydrogen-bond acceptors (Lipinski definition) is 8. The Hall–Kier alpha value is -2.04. The minimum absolute atomic E-state index is 0.0682. The topological polar surface area (TPSA) is 131 Å². The first-order valence-corrected chi connectivity index (χ1v) is 7.61. The zero-order valence-corrected chi connectivity index (χ0v) is 13.8. The third kappa shape index (κ3) is 3.55. The molecule has 0 spiro atoms. The van der Waals surface area contributed by atoms with Crippen LogP contribution in [-0.4, -0.2) is 62.3 Å². The first-order valence-electron chi connectivity index (χ1n) is 7.61. The highest BCUT2D eigenvalue weighted by atomic mass is 19.1. The van der Waals surface area contributed by atoms with Crippen LogP contribution in [0.3, 0.4) is 0 Å². The highest BCUT2D eigenvalue weighted by Crippen LogP contribution is 2.28. The number of ether oxygens (including phenoxy) is 1. The smallest absolute Gasteiger partial charge is 0.224 e. The Balaban J connectivity index is 2.45. The maximum atomic E-state index is 12.7. The van der Waals surface area contributed by atoms with Gasteiger partial charge in [0.15, 0.2) is 17.0 Å². The molecule has 0 saturated carbocycles. The molecule has 0 amide bonds. The molecule has 24 heavy (non-hydrogen) atoms. The van der Waals surface area contributed by atoms with E-state index < -0.39 is 31.7 Å². The van der Waals surface area contributed by atoms with Crippen molar-refractivity contribution in [2.45, 2.75) is 32.3 Å². The first kappa shape index (κ1) is 18.3. The Labute approximate surface area is 138 Å². The predicted octanol–water partition coefficient (Wildman–Crippen LogP) is 0.313. The number of nitrogen functional groups attached to an aromatic ring is 1. The highest BCUT2D eigenvalue weighted by molar-refractivity contribution is 5.84. The van der Waals surface area contributed by atoms with Crippen molar-refractivity contribution in [2.24, 2.45) is 5.92 Å². The van der Waals surface area contributed by atoms with Crippen LogP contribution in [0.1, 0.15) is 20.1 Å². The Bertz CT molecular complexity index is 680. The molecule has 134 valence electrons. The number of nitrogens with one attached hydrogen (secondary N) is 1. The van der Waals surface area contributed by atoms with Gasteiger partial charge in [0.25, 0.3) is 0 Å². The molecule has 3 atom stereocenters. The lowest BCUT2D eigenvalue weighted by molar-refractivity contribution is -0.140. The Morgan fingerprint density at radius 2 is 2.12 bits per heavy atom. The van der Waals surface area contributed by atoms with Gasteiger partial charge < -0.3 is 26.0 Å². The van der Waals surface area contributed by atoms with Crippen LogP contribution >= 0.6 is 0 Å². The number of alkyl halides is 1. The summed E-state index contributed by atoms with van der Waals surface area (Å²) in [5, 5.41) is 21.9. The van der Waals surface area contributed by atoms with Gasteiger partial charge in [0, 0.05) is 7.05 Å². The van der Waals surface area contributed by atoms with Gasteiger partial charge >= 0.3 is 0 Å². The maximum Gasteiger partial charge on any atom is 0.224 e. The van der Waals surface area contributed by atoms with Crippen molar-refractivity contribution in [3.63, 3.8) is 0 Å². The fourth-order valence-electron chi connectivity index (χ4n) is 2.37. The number of aliphatic hydroxyl groups excluding tert-OH is 2. The van der Waals surface area contributed by atoms with Gasteiger partial charge in [-0.15, -0.1) is 0 Å². The number of fused-ring (bicyclic) bond motifs is 1. The van der Waals surface area contributed by atoms with Crippen molar-refractivity contribution in [3.05, 3.63) is 6.33 Å². The molecule has 9 nitrogen and oxygen atoms in total. The van der Waals surface area contributed by atoms with Crippen LogP contribution < -0.4 is 11.1 Å². The summed E-state index contributed by atoms with van der Waals surface area (Å²) >= 11 is 0. The maximum absolute atomic E-state index is 12.7. The summed E-state index contributed by atoms with van der Waals surface area (Å²) in [4.78, 5) is 12.5. The third-order valence-electron chi connectivity index (χ3n) is 3.60. The molecule has 0 aliphatic carbocycles. The van der Waals surface area contributed by atoms with Crippen LogP contribution in [-0.2, 0) is 4.74 Å². The molecule has 0 aliphatic rings. The minimum Gasteiger partial charge on any atom is -0.394 e. The van der Waals surface area contributed by atoms with Gasteiger partial charge in [-0.25, -0.2) is 9.37 Å². The van der Waals surface area contributed by atoms with E-state index in [1.54, 1.807) is 11.6 Å². The molecule has 2 aromatic rings. The van der Waals surface area contributed by atoms with Crippen LogP contribution in [0, 0.1) is 5.92 Å². The van der Waals surface area contributed by atoms with Crippen molar-refractivity contribution >= 4 is 22.9 Å². The zero-order valence-electron chi connectivity index (χ0n) is 13.8. The number of halogens is 1. The van der Waals surface area contributed by atoms with Gasteiger partial charge in [-0.05, 0) is 5.92 Å². The number of aliphatic hydroxyl groups is 2. The lowest BCUT2D eigenvalue weighted by atomic mass is 10.1. The molecule has 0 radical (unpaired) electrons. The van der Waals surface area contributed by atoms with E-state index in [9.17, 15) is 14.6 Å². The molecular weight excluding hydrogens is 319 g/mol. The van der Waals surface area contributed by atoms with E-state index in [2.05, 4.69) is 20.3 Å². The van der Waals surface area contributed by atoms with Crippen LogP contribution in [0.5, 0.6) is 0 Å². The summed E-state index contributed by atoms with van der Waals surface area (Å²) in [5.74, 6) is 0.470. The van der Waals surface area contributed by atoms with Crippen molar-refractivity contribution < 1.29 is 19.3 Å². The van der Waals surface area contributed by atoms with E-state index in [4.69, 9.17) is 10.5 Å². The van der Waals surface area contributed by atoms with Gasteiger partial charge in [-0.2, -0.15) is 9.97 Å². The summed E-state index contributed by atoms with van der Waals surface area (Å²) < 4.78 is 20.1. The number of nitrogens with two attached hydrogens (primary N) is 1. The van der Waals surface area contributed by atoms with Crippen molar-refractivity contribution in [3.8, 4) is 0 Å². The number of aromatic nitrogens is 4. The molecule has 0 bridgehead atoms. The molecule has 2 rings (SSSR count). The average molecular weight is 342 g/mol. The molecule has 2 aromatic heterocycles. The SMILES string of the molecule is CNc1nc(N)nc2c1ncn2[C@H](O[C@H](CO)[C@@H](O)CF)C(C)C. The molecule has 2 heterocycles. The normalized spacial score (nSPS) is 15.6. The second-order valence-corrected chi connectivity index (χ2v) is 5.72. The third-order valence-corrected chi connectivity index (χ3v) is 3.60. The minimum atomic E-state index is -1.42. The lowest BCUT2D eigenvalue weighted by Crippen LogP contribution is -2.37. The van der Waals surface area contributed by atoms with Crippen LogP contribution in [0.2, 0.25) is 0 Å². The molecule has 0 aromatic carbocycles. The van der Waals surface area contributed by atoms with Gasteiger partial charge in [-0.1, -0.05) is 13.8 Å². The average Bonchev–Trinajstić information content (AvgIpc) is 2.97. The molecule has 10 heteroatoms. The highest BCUT2D eigenvalue weighted by Gasteiger charge is 2.28. The fourth-order valence-corrected chi connectivity index (χ4v) is 2.37. The van der Waals surface area contributed by atoms with E-state index in [-0.39, 0.29) is 11.9 Å². The molecular formula is C14H23FN6O3. The number of anilines is 2. The Kier molecular flexibility index (Phi) is 5.86. The van der Waals surface area contributed by atoms with E-state index in [0.29, 0.717) is 17.0 Å². The monoisotopic (exact) mass is 342 g/mol. The van der Waals surface area contributed by atoms with Crippen molar-refractivity contribution in [1.29, 1.82) is 0 Å². The number of imidazole rings is 1.